The van der Waals surface area contributed by atoms with Gasteiger partial charge in [0.1, 0.15) is 5.75 Å². The van der Waals surface area contributed by atoms with Crippen LogP contribution in [0.1, 0.15) is 19.4 Å². The van der Waals surface area contributed by atoms with Gasteiger partial charge >= 0.3 is 0 Å². The van der Waals surface area contributed by atoms with Crippen molar-refractivity contribution in [2.24, 2.45) is 0 Å². The predicted octanol–water partition coefficient (Wildman–Crippen LogP) is 5.50. The summed E-state index contributed by atoms with van der Waals surface area (Å²) in [6.07, 6.45) is 0. The quantitative estimate of drug-likeness (QED) is 0.645. The molecule has 0 N–H and O–H groups in total. The van der Waals surface area contributed by atoms with Crippen LogP contribution in [-0.4, -0.2) is 7.11 Å². The highest BCUT2D eigenvalue weighted by Crippen LogP contribution is 2.22. The fraction of sp³-hybridized carbons (Fsp3) is 0.222. The third-order valence-electron chi connectivity index (χ3n) is 2.47. The number of methoxy groups -OCH3 is 1. The van der Waals surface area contributed by atoms with Crippen LogP contribution < -0.4 is 4.74 Å². The molecule has 0 aliphatic rings. The van der Waals surface area contributed by atoms with E-state index in [9.17, 15) is 0 Å². The van der Waals surface area contributed by atoms with E-state index in [0.29, 0.717) is 0 Å². The van der Waals surface area contributed by atoms with Gasteiger partial charge in [-0.1, -0.05) is 55.8 Å². The highest BCUT2D eigenvalue weighted by Gasteiger charge is 1.97. The summed E-state index contributed by atoms with van der Waals surface area (Å²) in [7, 11) is 1.68. The van der Waals surface area contributed by atoms with Gasteiger partial charge in [0.15, 0.2) is 0 Å². The molecular weight excluding hydrogens is 232 g/mol. The molecule has 1 nitrogen and oxygen atoms in total. The lowest BCUT2D eigenvalue weighted by Gasteiger charge is -2.03. The minimum atomic E-state index is 0.894. The van der Waals surface area contributed by atoms with Crippen LogP contribution in [0, 0.1) is 6.92 Å². The minimum absolute atomic E-state index is 0.894. The molecule has 0 saturated heterocycles. The molecule has 0 unspecified atom stereocenters. The van der Waals surface area contributed by atoms with Gasteiger partial charge in [0.25, 0.3) is 0 Å². The first kappa shape index (κ1) is 17.0. The molecule has 0 aliphatic carbocycles. The Kier molecular flexibility index (Phi) is 8.90. The van der Waals surface area contributed by atoms with E-state index in [-0.39, 0.29) is 0 Å². The van der Waals surface area contributed by atoms with Crippen LogP contribution in [0.15, 0.2) is 61.7 Å². The van der Waals surface area contributed by atoms with Crippen LogP contribution in [0.5, 0.6) is 5.75 Å². The van der Waals surface area contributed by atoms with E-state index in [2.05, 4.69) is 56.5 Å². The zero-order valence-corrected chi connectivity index (χ0v) is 12.4. The fourth-order valence-corrected chi connectivity index (χ4v) is 1.53. The van der Waals surface area contributed by atoms with Crippen molar-refractivity contribution in [2.75, 3.05) is 7.11 Å². The van der Waals surface area contributed by atoms with Crippen molar-refractivity contribution in [3.63, 3.8) is 0 Å². The Bertz CT molecular complexity index is 440. The topological polar surface area (TPSA) is 9.23 Å². The molecule has 0 atom stereocenters. The van der Waals surface area contributed by atoms with Gasteiger partial charge in [-0.15, -0.1) is 13.2 Å². The van der Waals surface area contributed by atoms with Gasteiger partial charge < -0.3 is 4.74 Å². The average molecular weight is 256 g/mol. The molecule has 2 rings (SSSR count). The van der Waals surface area contributed by atoms with E-state index in [1.807, 2.05) is 26.0 Å². The summed E-state index contributed by atoms with van der Waals surface area (Å²) in [5.41, 5.74) is 3.74. The maximum atomic E-state index is 5.12. The molecule has 0 aliphatic heterocycles. The van der Waals surface area contributed by atoms with Crippen molar-refractivity contribution in [1.29, 1.82) is 0 Å². The van der Waals surface area contributed by atoms with Crippen molar-refractivity contribution in [3.8, 4) is 16.9 Å². The maximum Gasteiger partial charge on any atom is 0.118 e. The molecule has 0 bridgehead atoms. The lowest BCUT2D eigenvalue weighted by atomic mass is 10.0. The zero-order valence-electron chi connectivity index (χ0n) is 12.4. The molecule has 2 aromatic carbocycles. The molecule has 0 radical (unpaired) electrons. The molecule has 0 fully saturated rings. The summed E-state index contributed by atoms with van der Waals surface area (Å²) >= 11 is 0. The molecular formula is C18H24O. The summed E-state index contributed by atoms with van der Waals surface area (Å²) in [4.78, 5) is 0. The summed E-state index contributed by atoms with van der Waals surface area (Å²) in [6, 6.07) is 16.6. The second-order valence-corrected chi connectivity index (χ2v) is 3.59. The van der Waals surface area contributed by atoms with E-state index >= 15 is 0 Å². The van der Waals surface area contributed by atoms with Crippen LogP contribution in [0.25, 0.3) is 11.1 Å². The van der Waals surface area contributed by atoms with Gasteiger partial charge in [-0.25, -0.2) is 0 Å². The zero-order chi connectivity index (χ0) is 14.7. The van der Waals surface area contributed by atoms with Gasteiger partial charge in [-0.05, 0) is 30.2 Å². The van der Waals surface area contributed by atoms with Gasteiger partial charge in [0.05, 0.1) is 7.11 Å². The Morgan fingerprint density at radius 1 is 0.737 bits per heavy atom. The van der Waals surface area contributed by atoms with Crippen LogP contribution in [0.3, 0.4) is 0 Å². The largest absolute Gasteiger partial charge is 0.497 e. The first-order chi connectivity index (χ1) is 9.29. The van der Waals surface area contributed by atoms with Gasteiger partial charge in [-0.3, -0.25) is 0 Å². The minimum Gasteiger partial charge on any atom is -0.497 e. The molecule has 0 amide bonds. The monoisotopic (exact) mass is 256 g/mol. The van der Waals surface area contributed by atoms with E-state index in [1.165, 1.54) is 16.7 Å². The van der Waals surface area contributed by atoms with E-state index in [4.69, 9.17) is 4.74 Å². The van der Waals surface area contributed by atoms with Crippen LogP contribution in [-0.2, 0) is 0 Å². The number of ether oxygens (including phenoxy) is 1. The van der Waals surface area contributed by atoms with E-state index < -0.39 is 0 Å². The van der Waals surface area contributed by atoms with Crippen LogP contribution in [0.4, 0.5) is 0 Å². The third-order valence-corrected chi connectivity index (χ3v) is 2.47. The fourth-order valence-electron chi connectivity index (χ4n) is 1.53. The molecule has 1 heteroatoms. The Morgan fingerprint density at radius 2 is 1.11 bits per heavy atom. The number of benzene rings is 2. The number of aryl methyl sites for hydroxylation is 1. The van der Waals surface area contributed by atoms with E-state index in [0.717, 1.165) is 5.75 Å². The lowest BCUT2D eigenvalue weighted by Crippen LogP contribution is -1.82. The maximum absolute atomic E-state index is 5.12. The summed E-state index contributed by atoms with van der Waals surface area (Å²) < 4.78 is 5.12. The lowest BCUT2D eigenvalue weighted by molar-refractivity contribution is 0.415. The van der Waals surface area contributed by atoms with Crippen LogP contribution in [0.2, 0.25) is 0 Å². The predicted molar refractivity (Wildman–Crippen MR) is 85.8 cm³/mol. The summed E-state index contributed by atoms with van der Waals surface area (Å²) in [6.45, 7) is 12.1. The Labute approximate surface area is 117 Å². The first-order valence-electron chi connectivity index (χ1n) is 6.51. The third kappa shape index (κ3) is 5.43. The van der Waals surface area contributed by atoms with Gasteiger partial charge in [0, 0.05) is 0 Å². The molecule has 102 valence electrons. The van der Waals surface area contributed by atoms with Crippen molar-refractivity contribution in [3.05, 3.63) is 67.3 Å². The van der Waals surface area contributed by atoms with E-state index in [1.54, 1.807) is 7.11 Å². The number of rotatable bonds is 2. The van der Waals surface area contributed by atoms with Gasteiger partial charge in [0.2, 0.25) is 0 Å². The average Bonchev–Trinajstić information content (AvgIpc) is 2.52. The standard InChI is InChI=1S/C14H14O.C2H6.C2H4/c1-11-3-5-12(6-4-11)13-7-9-14(15-2)10-8-13;2*1-2/h3-10H,1-2H3;1-2H3;1-2H2. The number of hydrogen-bond acceptors (Lipinski definition) is 1. The summed E-state index contributed by atoms with van der Waals surface area (Å²) in [5, 5.41) is 0. The smallest absolute Gasteiger partial charge is 0.118 e. The Balaban J connectivity index is 0.000000741. The summed E-state index contributed by atoms with van der Waals surface area (Å²) in [5.74, 6) is 0.894. The van der Waals surface area contributed by atoms with Crippen molar-refractivity contribution < 1.29 is 4.74 Å². The molecule has 0 saturated carbocycles. The SMILES string of the molecule is C=C.CC.COc1ccc(-c2ccc(C)cc2)cc1. The molecule has 2 aromatic rings. The Morgan fingerprint density at radius 3 is 1.47 bits per heavy atom. The second kappa shape index (κ2) is 9.95. The molecule has 0 spiro atoms. The second-order valence-electron chi connectivity index (χ2n) is 3.59. The van der Waals surface area contributed by atoms with Crippen molar-refractivity contribution in [2.45, 2.75) is 20.8 Å². The highest BCUT2D eigenvalue weighted by molar-refractivity contribution is 5.64. The van der Waals surface area contributed by atoms with Crippen molar-refractivity contribution in [1.82, 2.24) is 0 Å². The van der Waals surface area contributed by atoms with Crippen molar-refractivity contribution >= 4 is 0 Å². The van der Waals surface area contributed by atoms with Gasteiger partial charge in [-0.2, -0.15) is 0 Å². The number of hydrogen-bond donors (Lipinski definition) is 0. The molecule has 19 heavy (non-hydrogen) atoms. The van der Waals surface area contributed by atoms with Crippen LogP contribution >= 0.6 is 0 Å². The highest BCUT2D eigenvalue weighted by atomic mass is 16.5. The first-order valence-corrected chi connectivity index (χ1v) is 6.51. The molecule has 0 heterocycles. The molecule has 0 aromatic heterocycles. The Hall–Kier alpha value is -2.02. The normalized spacial score (nSPS) is 8.42.